The van der Waals surface area contributed by atoms with E-state index in [9.17, 15) is 10.2 Å². The fourth-order valence-corrected chi connectivity index (χ4v) is 5.83. The van der Waals surface area contributed by atoms with Gasteiger partial charge in [-0.3, -0.25) is 0 Å². The summed E-state index contributed by atoms with van der Waals surface area (Å²) in [5.41, 5.74) is 8.60. The summed E-state index contributed by atoms with van der Waals surface area (Å²) >= 11 is 0. The summed E-state index contributed by atoms with van der Waals surface area (Å²) in [6.45, 7) is 5.74. The molecule has 0 unspecified atom stereocenters. The van der Waals surface area contributed by atoms with Gasteiger partial charge in [0.15, 0.2) is 0 Å². The molecular weight excluding hydrogens is 440 g/mol. The van der Waals surface area contributed by atoms with Crippen LogP contribution in [0.3, 0.4) is 0 Å². The monoisotopic (exact) mass is 466 g/mol. The molecule has 36 heavy (non-hydrogen) atoms. The van der Waals surface area contributed by atoms with Crippen molar-refractivity contribution in [1.29, 1.82) is 0 Å². The predicted octanol–water partition coefficient (Wildman–Crippen LogP) is 8.47. The molecule has 0 saturated heterocycles. The van der Waals surface area contributed by atoms with Crippen LogP contribution in [0.25, 0.3) is 34.1 Å². The van der Waals surface area contributed by atoms with Crippen LogP contribution in [0.5, 0.6) is 5.75 Å². The lowest BCUT2D eigenvalue weighted by Gasteiger charge is -2.34. The Morgan fingerprint density at radius 2 is 1.28 bits per heavy atom. The van der Waals surface area contributed by atoms with Crippen LogP contribution in [0.2, 0.25) is 0 Å². The van der Waals surface area contributed by atoms with E-state index in [2.05, 4.69) is 91.5 Å². The van der Waals surface area contributed by atoms with Crippen molar-refractivity contribution < 1.29 is 10.2 Å². The molecular formula is C34H26O2. The SMILES string of the molecule is C=Cc1cc(C2(c3ccc4cc(O)ccc4c3)c3ccccc3-c3ccccc32)ccc1/C=C(\C)O. The summed E-state index contributed by atoms with van der Waals surface area (Å²) in [7, 11) is 0. The van der Waals surface area contributed by atoms with E-state index >= 15 is 0 Å². The molecule has 0 saturated carbocycles. The lowest BCUT2D eigenvalue weighted by molar-refractivity contribution is 0.420. The highest BCUT2D eigenvalue weighted by atomic mass is 16.3. The van der Waals surface area contributed by atoms with Gasteiger partial charge in [0.2, 0.25) is 0 Å². The third-order valence-electron chi connectivity index (χ3n) is 7.31. The normalized spacial score (nSPS) is 13.9. The Balaban J connectivity index is 1.74. The average molecular weight is 467 g/mol. The third kappa shape index (κ3) is 3.19. The Morgan fingerprint density at radius 1 is 0.694 bits per heavy atom. The number of hydrogen-bond acceptors (Lipinski definition) is 2. The third-order valence-corrected chi connectivity index (χ3v) is 7.31. The summed E-state index contributed by atoms with van der Waals surface area (Å²) in [5.74, 6) is 0.523. The minimum absolute atomic E-state index is 0.259. The Bertz CT molecular complexity index is 1640. The summed E-state index contributed by atoms with van der Waals surface area (Å²) < 4.78 is 0. The van der Waals surface area contributed by atoms with Gasteiger partial charge in [-0.2, -0.15) is 0 Å². The van der Waals surface area contributed by atoms with E-state index in [1.165, 1.54) is 22.3 Å². The molecule has 6 rings (SSSR count). The molecule has 2 nitrogen and oxygen atoms in total. The van der Waals surface area contributed by atoms with Crippen LogP contribution in [0.15, 0.2) is 115 Å². The Kier molecular flexibility index (Phi) is 5.05. The summed E-state index contributed by atoms with van der Waals surface area (Å²) in [5, 5.41) is 22.0. The van der Waals surface area contributed by atoms with Gasteiger partial charge in [0.05, 0.1) is 11.2 Å². The van der Waals surface area contributed by atoms with E-state index in [1.807, 2.05) is 12.1 Å². The van der Waals surface area contributed by atoms with E-state index in [0.717, 1.165) is 33.0 Å². The molecule has 2 N–H and O–H groups in total. The molecule has 5 aromatic carbocycles. The highest BCUT2D eigenvalue weighted by molar-refractivity contribution is 5.90. The minimum atomic E-state index is -0.534. The Hall–Kier alpha value is -4.56. The van der Waals surface area contributed by atoms with Crippen LogP contribution < -0.4 is 0 Å². The number of phenolic OH excluding ortho intramolecular Hbond substituents is 1. The molecule has 1 aliphatic carbocycles. The van der Waals surface area contributed by atoms with E-state index < -0.39 is 5.41 Å². The first-order chi connectivity index (χ1) is 17.5. The van der Waals surface area contributed by atoms with Crippen molar-refractivity contribution in [2.45, 2.75) is 12.3 Å². The number of phenols is 1. The van der Waals surface area contributed by atoms with Crippen LogP contribution in [0.4, 0.5) is 0 Å². The number of hydrogen-bond donors (Lipinski definition) is 2. The van der Waals surface area contributed by atoms with Gasteiger partial charge in [0, 0.05) is 0 Å². The second kappa shape index (κ2) is 8.28. The number of fused-ring (bicyclic) bond motifs is 4. The molecule has 0 atom stereocenters. The Morgan fingerprint density at radius 3 is 1.94 bits per heavy atom. The van der Waals surface area contributed by atoms with Gasteiger partial charge in [0.1, 0.15) is 5.75 Å². The van der Waals surface area contributed by atoms with Crippen LogP contribution in [-0.4, -0.2) is 10.2 Å². The minimum Gasteiger partial charge on any atom is -0.513 e. The standard InChI is InChI=1S/C34H26O2/c1-3-23-19-27(15-12-24(23)18-22(2)35)34(28-16-13-26-21-29(36)17-14-25(26)20-28)32-10-6-4-8-30(32)31-9-5-7-11-33(31)34/h3-21,35-36H,1H2,2H3/b22-18+. The summed E-state index contributed by atoms with van der Waals surface area (Å²) in [4.78, 5) is 0. The number of aliphatic hydroxyl groups is 1. The van der Waals surface area contributed by atoms with Crippen molar-refractivity contribution in [3.05, 3.63) is 149 Å². The molecule has 0 aliphatic heterocycles. The predicted molar refractivity (Wildman–Crippen MR) is 149 cm³/mol. The first-order valence-corrected chi connectivity index (χ1v) is 12.1. The maximum Gasteiger partial charge on any atom is 0.116 e. The second-order valence-corrected chi connectivity index (χ2v) is 9.42. The molecule has 0 aromatic heterocycles. The maximum absolute atomic E-state index is 10.0. The van der Waals surface area contributed by atoms with Crippen LogP contribution >= 0.6 is 0 Å². The molecule has 0 bridgehead atoms. The zero-order valence-corrected chi connectivity index (χ0v) is 20.1. The molecule has 0 amide bonds. The molecule has 1 aliphatic rings. The largest absolute Gasteiger partial charge is 0.513 e. The number of rotatable bonds is 4. The topological polar surface area (TPSA) is 40.5 Å². The smallest absolute Gasteiger partial charge is 0.116 e. The first-order valence-electron chi connectivity index (χ1n) is 12.1. The van der Waals surface area contributed by atoms with E-state index in [0.29, 0.717) is 0 Å². The molecule has 0 spiro atoms. The maximum atomic E-state index is 10.0. The van der Waals surface area contributed by atoms with Gasteiger partial charge in [-0.05, 0) is 92.5 Å². The Labute approximate surface area is 211 Å². The lowest BCUT2D eigenvalue weighted by Crippen LogP contribution is -2.28. The summed E-state index contributed by atoms with van der Waals surface area (Å²) in [6.07, 6.45) is 3.62. The highest BCUT2D eigenvalue weighted by Gasteiger charge is 2.46. The number of aliphatic hydroxyl groups excluding tert-OH is 1. The number of allylic oxidation sites excluding steroid dienone is 1. The van der Waals surface area contributed by atoms with Crippen LogP contribution in [0, 0.1) is 0 Å². The zero-order chi connectivity index (χ0) is 24.9. The van der Waals surface area contributed by atoms with Gasteiger partial charge in [-0.25, -0.2) is 0 Å². The van der Waals surface area contributed by atoms with E-state index in [-0.39, 0.29) is 11.5 Å². The van der Waals surface area contributed by atoms with Crippen LogP contribution in [-0.2, 0) is 5.41 Å². The van der Waals surface area contributed by atoms with Crippen molar-refractivity contribution >= 4 is 22.9 Å². The quantitative estimate of drug-likeness (QED) is 0.256. The van der Waals surface area contributed by atoms with Crippen LogP contribution in [0.1, 0.15) is 40.3 Å². The first kappa shape index (κ1) is 21.9. The van der Waals surface area contributed by atoms with E-state index in [1.54, 1.807) is 25.1 Å². The zero-order valence-electron chi connectivity index (χ0n) is 20.1. The van der Waals surface area contributed by atoms with Gasteiger partial charge in [-0.15, -0.1) is 0 Å². The van der Waals surface area contributed by atoms with Gasteiger partial charge in [-0.1, -0.05) is 91.5 Å². The van der Waals surface area contributed by atoms with Gasteiger partial charge >= 0.3 is 0 Å². The van der Waals surface area contributed by atoms with Crippen molar-refractivity contribution in [3.63, 3.8) is 0 Å². The molecule has 0 fully saturated rings. The second-order valence-electron chi connectivity index (χ2n) is 9.42. The van der Waals surface area contributed by atoms with Gasteiger partial charge in [0.25, 0.3) is 0 Å². The molecule has 0 heterocycles. The highest BCUT2D eigenvalue weighted by Crippen LogP contribution is 2.56. The summed E-state index contributed by atoms with van der Waals surface area (Å²) in [6, 6.07) is 35.8. The lowest BCUT2D eigenvalue weighted by atomic mass is 9.67. The number of aromatic hydroxyl groups is 1. The molecule has 174 valence electrons. The van der Waals surface area contributed by atoms with Crippen molar-refractivity contribution in [2.75, 3.05) is 0 Å². The van der Waals surface area contributed by atoms with Gasteiger partial charge < -0.3 is 10.2 Å². The molecule has 2 heteroatoms. The van der Waals surface area contributed by atoms with E-state index in [4.69, 9.17) is 0 Å². The number of benzene rings is 5. The van der Waals surface area contributed by atoms with Crippen molar-refractivity contribution in [2.24, 2.45) is 0 Å². The van der Waals surface area contributed by atoms with Crippen molar-refractivity contribution in [3.8, 4) is 16.9 Å². The fraction of sp³-hybridized carbons (Fsp3) is 0.0588. The molecule has 5 aromatic rings. The van der Waals surface area contributed by atoms with Crippen molar-refractivity contribution in [1.82, 2.24) is 0 Å². The average Bonchev–Trinajstić information content (AvgIpc) is 3.20. The molecule has 0 radical (unpaired) electrons. The fourth-order valence-electron chi connectivity index (χ4n) is 5.83.